The molecular weight excluding hydrogens is 398 g/mol. The molecule has 1 aromatic heterocycles. The standard InChI is InChI=1S/C19H24ClN5O4/c1-12(2)17(19(27)21-8-4-5-13-10-22-24(3)11-13)23-18(26)15-7-6-14(25(28)29)9-16(15)20/h6-7,9-12,17H,4-5,8H2,1-3H3,(H,21,27)(H,23,26). The Hall–Kier alpha value is -2.94. The average molecular weight is 422 g/mol. The van der Waals surface area contributed by atoms with Crippen LogP contribution in [0.15, 0.2) is 30.6 Å². The molecular formula is C19H24ClN5O4. The number of nitrogens with zero attached hydrogens (tertiary/aromatic N) is 3. The van der Waals surface area contributed by atoms with Crippen LogP contribution in [0.5, 0.6) is 0 Å². The van der Waals surface area contributed by atoms with Crippen LogP contribution in [0.1, 0.15) is 36.2 Å². The molecule has 0 fully saturated rings. The fourth-order valence-corrected chi connectivity index (χ4v) is 3.03. The van der Waals surface area contributed by atoms with Gasteiger partial charge in [0.25, 0.3) is 11.6 Å². The van der Waals surface area contributed by atoms with E-state index in [9.17, 15) is 19.7 Å². The van der Waals surface area contributed by atoms with Crippen molar-refractivity contribution in [1.29, 1.82) is 0 Å². The normalized spacial score (nSPS) is 11.9. The number of hydrogen-bond acceptors (Lipinski definition) is 5. The summed E-state index contributed by atoms with van der Waals surface area (Å²) in [6.45, 7) is 4.10. The van der Waals surface area contributed by atoms with Gasteiger partial charge in [-0.1, -0.05) is 25.4 Å². The average Bonchev–Trinajstić information content (AvgIpc) is 3.07. The largest absolute Gasteiger partial charge is 0.354 e. The zero-order chi connectivity index (χ0) is 21.6. The van der Waals surface area contributed by atoms with Gasteiger partial charge in [-0.3, -0.25) is 24.4 Å². The minimum atomic E-state index is -0.757. The number of amides is 2. The zero-order valence-corrected chi connectivity index (χ0v) is 17.3. The maximum Gasteiger partial charge on any atom is 0.270 e. The molecule has 9 nitrogen and oxygen atoms in total. The Morgan fingerprint density at radius 1 is 1.34 bits per heavy atom. The summed E-state index contributed by atoms with van der Waals surface area (Å²) < 4.78 is 1.72. The lowest BCUT2D eigenvalue weighted by Crippen LogP contribution is -2.50. The molecule has 1 unspecified atom stereocenters. The minimum absolute atomic E-state index is 0.0453. The third-order valence-electron chi connectivity index (χ3n) is 4.34. The Balaban J connectivity index is 1.93. The number of nitrogens with one attached hydrogen (secondary N) is 2. The van der Waals surface area contributed by atoms with Crippen LogP contribution in [0, 0.1) is 16.0 Å². The smallest absolute Gasteiger partial charge is 0.270 e. The first-order valence-corrected chi connectivity index (χ1v) is 9.57. The predicted molar refractivity (Wildman–Crippen MR) is 109 cm³/mol. The highest BCUT2D eigenvalue weighted by molar-refractivity contribution is 6.34. The molecule has 1 heterocycles. The van der Waals surface area contributed by atoms with Crippen molar-refractivity contribution in [2.75, 3.05) is 6.54 Å². The highest BCUT2D eigenvalue weighted by Crippen LogP contribution is 2.22. The first kappa shape index (κ1) is 22.4. The lowest BCUT2D eigenvalue weighted by atomic mass is 10.0. The second kappa shape index (κ2) is 10.0. The Kier molecular flexibility index (Phi) is 7.72. The number of halogens is 1. The third kappa shape index (κ3) is 6.28. The van der Waals surface area contributed by atoms with E-state index < -0.39 is 16.9 Å². The van der Waals surface area contributed by atoms with E-state index in [2.05, 4.69) is 15.7 Å². The lowest BCUT2D eigenvalue weighted by molar-refractivity contribution is -0.384. The zero-order valence-electron chi connectivity index (χ0n) is 16.5. The van der Waals surface area contributed by atoms with Gasteiger partial charge in [0.15, 0.2) is 0 Å². The predicted octanol–water partition coefficient (Wildman–Crippen LogP) is 2.49. The van der Waals surface area contributed by atoms with Gasteiger partial charge in [0, 0.05) is 31.9 Å². The molecule has 2 N–H and O–H groups in total. The molecule has 0 aliphatic rings. The molecule has 0 bridgehead atoms. The van der Waals surface area contributed by atoms with Crippen molar-refractivity contribution >= 4 is 29.1 Å². The van der Waals surface area contributed by atoms with Crippen molar-refractivity contribution in [3.8, 4) is 0 Å². The molecule has 29 heavy (non-hydrogen) atoms. The maximum atomic E-state index is 12.5. The van der Waals surface area contributed by atoms with Gasteiger partial charge in [0.1, 0.15) is 6.04 Å². The monoisotopic (exact) mass is 421 g/mol. The number of aryl methyl sites for hydroxylation is 2. The van der Waals surface area contributed by atoms with Gasteiger partial charge >= 0.3 is 0 Å². The van der Waals surface area contributed by atoms with Gasteiger partial charge in [0.05, 0.1) is 21.7 Å². The number of nitro groups is 1. The third-order valence-corrected chi connectivity index (χ3v) is 4.66. The number of carbonyl (C=O) groups excluding carboxylic acids is 2. The van der Waals surface area contributed by atoms with Crippen LogP contribution >= 0.6 is 11.6 Å². The first-order chi connectivity index (χ1) is 13.7. The summed E-state index contributed by atoms with van der Waals surface area (Å²) in [5.41, 5.74) is 0.953. The molecule has 2 rings (SSSR count). The second-order valence-corrected chi connectivity index (χ2v) is 7.44. The van der Waals surface area contributed by atoms with E-state index in [1.165, 1.54) is 12.1 Å². The van der Waals surface area contributed by atoms with E-state index in [-0.39, 0.29) is 28.1 Å². The molecule has 10 heteroatoms. The lowest BCUT2D eigenvalue weighted by Gasteiger charge is -2.22. The van der Waals surface area contributed by atoms with Gasteiger partial charge in [-0.15, -0.1) is 0 Å². The summed E-state index contributed by atoms with van der Waals surface area (Å²) in [6, 6.07) is 2.83. The molecule has 0 aliphatic heterocycles. The fraction of sp³-hybridized carbons (Fsp3) is 0.421. The molecule has 1 atom stereocenters. The number of aromatic nitrogens is 2. The summed E-state index contributed by atoms with van der Waals surface area (Å²) in [7, 11) is 1.85. The highest BCUT2D eigenvalue weighted by Gasteiger charge is 2.25. The first-order valence-electron chi connectivity index (χ1n) is 9.19. The van der Waals surface area contributed by atoms with E-state index in [0.717, 1.165) is 24.5 Å². The molecule has 0 spiro atoms. The number of hydrogen-bond donors (Lipinski definition) is 2. The fourth-order valence-electron chi connectivity index (χ4n) is 2.77. The van der Waals surface area contributed by atoms with E-state index in [0.29, 0.717) is 6.54 Å². The van der Waals surface area contributed by atoms with E-state index >= 15 is 0 Å². The van der Waals surface area contributed by atoms with Crippen molar-refractivity contribution in [3.05, 3.63) is 56.9 Å². The van der Waals surface area contributed by atoms with Crippen molar-refractivity contribution < 1.29 is 14.5 Å². The maximum absolute atomic E-state index is 12.5. The topological polar surface area (TPSA) is 119 Å². The van der Waals surface area contributed by atoms with Crippen molar-refractivity contribution in [2.45, 2.75) is 32.7 Å². The van der Waals surface area contributed by atoms with Crippen LogP contribution in [0.3, 0.4) is 0 Å². The minimum Gasteiger partial charge on any atom is -0.354 e. The van der Waals surface area contributed by atoms with Crippen molar-refractivity contribution in [3.63, 3.8) is 0 Å². The van der Waals surface area contributed by atoms with Gasteiger partial charge in [-0.05, 0) is 30.4 Å². The second-order valence-electron chi connectivity index (χ2n) is 7.03. The van der Waals surface area contributed by atoms with Crippen molar-refractivity contribution in [1.82, 2.24) is 20.4 Å². The van der Waals surface area contributed by atoms with Gasteiger partial charge in [-0.25, -0.2) is 0 Å². The molecule has 2 amide bonds. The van der Waals surface area contributed by atoms with Crippen LogP contribution in [-0.4, -0.2) is 39.1 Å². The SMILES string of the molecule is CC(C)C(NC(=O)c1ccc([N+](=O)[O-])cc1Cl)C(=O)NCCCc1cnn(C)c1. The Labute approximate surface area is 173 Å². The van der Waals surface area contributed by atoms with Crippen LogP contribution < -0.4 is 10.6 Å². The van der Waals surface area contributed by atoms with Crippen LogP contribution in [0.4, 0.5) is 5.69 Å². The summed E-state index contributed by atoms with van der Waals surface area (Å²) in [5.74, 6) is -1.01. The highest BCUT2D eigenvalue weighted by atomic mass is 35.5. The molecule has 1 aromatic carbocycles. The number of rotatable bonds is 9. The Bertz CT molecular complexity index is 896. The summed E-state index contributed by atoms with van der Waals surface area (Å²) in [5, 5.41) is 20.3. The quantitative estimate of drug-likeness (QED) is 0.366. The number of non-ortho nitro benzene ring substituents is 1. The summed E-state index contributed by atoms with van der Waals surface area (Å²) >= 11 is 6.00. The molecule has 0 saturated carbocycles. The molecule has 0 saturated heterocycles. The number of nitro benzene ring substituents is 1. The summed E-state index contributed by atoms with van der Waals surface area (Å²) in [4.78, 5) is 35.3. The van der Waals surface area contributed by atoms with E-state index in [1.54, 1.807) is 10.9 Å². The molecule has 2 aromatic rings. The van der Waals surface area contributed by atoms with Crippen LogP contribution in [0.2, 0.25) is 5.02 Å². The molecule has 0 aliphatic carbocycles. The molecule has 0 radical (unpaired) electrons. The van der Waals surface area contributed by atoms with Gasteiger partial charge < -0.3 is 10.6 Å². The summed E-state index contributed by atoms with van der Waals surface area (Å²) in [6.07, 6.45) is 5.23. The van der Waals surface area contributed by atoms with E-state index in [4.69, 9.17) is 11.6 Å². The number of benzene rings is 1. The van der Waals surface area contributed by atoms with Crippen LogP contribution in [0.25, 0.3) is 0 Å². The molecule has 156 valence electrons. The Morgan fingerprint density at radius 3 is 2.62 bits per heavy atom. The van der Waals surface area contributed by atoms with Crippen molar-refractivity contribution in [2.24, 2.45) is 13.0 Å². The van der Waals surface area contributed by atoms with Crippen LogP contribution in [-0.2, 0) is 18.3 Å². The van der Waals surface area contributed by atoms with Gasteiger partial charge in [0.2, 0.25) is 5.91 Å². The number of carbonyl (C=O) groups is 2. The van der Waals surface area contributed by atoms with E-state index in [1.807, 2.05) is 27.1 Å². The van der Waals surface area contributed by atoms with Gasteiger partial charge in [-0.2, -0.15) is 5.10 Å². The Morgan fingerprint density at radius 2 is 2.07 bits per heavy atom.